The number of aliphatic hydroxyl groups is 1. The number of carbonyl (C=O) groups excluding carboxylic acids is 1. The van der Waals surface area contributed by atoms with Crippen LogP contribution >= 0.6 is 0 Å². The molecule has 0 aromatic heterocycles. The first kappa shape index (κ1) is 37.0. The highest BCUT2D eigenvalue weighted by Gasteiger charge is 2.27. The van der Waals surface area contributed by atoms with Crippen LogP contribution in [0.2, 0.25) is 0 Å². The van der Waals surface area contributed by atoms with E-state index in [-0.39, 0.29) is 30.2 Å². The third kappa shape index (κ3) is 16.1. The highest BCUT2D eigenvalue weighted by molar-refractivity contribution is 5.76. The molecule has 0 aromatic carbocycles. The van der Waals surface area contributed by atoms with Crippen LogP contribution in [0.4, 0.5) is 0 Å². The Hall–Kier alpha value is -2.45. The molecule has 1 aliphatic heterocycles. The third-order valence-corrected chi connectivity index (χ3v) is 8.03. The second-order valence-corrected chi connectivity index (χ2v) is 12.5. The van der Waals surface area contributed by atoms with Gasteiger partial charge in [-0.3, -0.25) is 4.79 Å². The normalized spacial score (nSPS) is 26.3. The fourth-order valence-electron chi connectivity index (χ4n) is 5.28. The Morgan fingerprint density at radius 3 is 2.62 bits per heavy atom. The Morgan fingerprint density at radius 1 is 1.09 bits per heavy atom. The molecule has 8 heteroatoms. The van der Waals surface area contributed by atoms with Gasteiger partial charge in [0.1, 0.15) is 12.2 Å². The summed E-state index contributed by atoms with van der Waals surface area (Å²) in [6.45, 7) is 11.9. The average molecular weight is 629 g/mol. The van der Waals surface area contributed by atoms with Gasteiger partial charge in [-0.15, -0.1) is 0 Å². The van der Waals surface area contributed by atoms with Crippen molar-refractivity contribution in [3.63, 3.8) is 0 Å². The van der Waals surface area contributed by atoms with Crippen molar-refractivity contribution in [3.8, 4) is 0 Å². The zero-order chi connectivity index (χ0) is 32.3. The average Bonchev–Trinajstić information content (AvgIpc) is 3.83. The fourth-order valence-corrected chi connectivity index (χ4v) is 5.28. The molecule has 252 valence electrons. The van der Waals surface area contributed by atoms with Gasteiger partial charge < -0.3 is 33.5 Å². The highest BCUT2D eigenvalue weighted by Crippen LogP contribution is 2.34. The van der Waals surface area contributed by atoms with Gasteiger partial charge in [-0.2, -0.15) is 0 Å². The molecule has 1 saturated heterocycles. The molecule has 45 heavy (non-hydrogen) atoms. The van der Waals surface area contributed by atoms with Crippen molar-refractivity contribution < 1.29 is 38.3 Å². The Labute approximate surface area is 270 Å². The molecule has 3 rings (SSSR count). The maximum absolute atomic E-state index is 12.9. The van der Waals surface area contributed by atoms with Gasteiger partial charge in [0.2, 0.25) is 0 Å². The zero-order valence-corrected chi connectivity index (χ0v) is 27.9. The number of hydrogen-bond acceptors (Lipinski definition) is 8. The van der Waals surface area contributed by atoms with Crippen molar-refractivity contribution >= 4 is 5.97 Å². The lowest BCUT2D eigenvalue weighted by Gasteiger charge is -2.30. The van der Waals surface area contributed by atoms with E-state index in [0.717, 1.165) is 57.3 Å². The predicted octanol–water partition coefficient (Wildman–Crippen LogP) is 6.41. The lowest BCUT2D eigenvalue weighted by molar-refractivity contribution is -0.152. The van der Waals surface area contributed by atoms with Crippen LogP contribution in [0.25, 0.3) is 0 Å². The van der Waals surface area contributed by atoms with Crippen LogP contribution in [0.3, 0.4) is 0 Å². The van der Waals surface area contributed by atoms with Gasteiger partial charge in [-0.1, -0.05) is 54.7 Å². The summed E-state index contributed by atoms with van der Waals surface area (Å²) in [6.07, 6.45) is 22.1. The molecule has 5 atom stereocenters. The standard InChI is InChI=1S/C37H56O8/c1-5-10-33(11-6-7-21-40-26-36-27-44-36)37(39)45-35-18-16-32(17-19-35)31-12-8-14-34(15-9-13-31)43-23-28(2)20-22-42-30(4)25-41-24-29(3)38/h5-6,8-12,15,28-30,32-33,35-36,38H,7,13,16-27H2,1-4H3/b10-5-,11-6-,15-9-,31-12+. The molecule has 0 bridgehead atoms. The summed E-state index contributed by atoms with van der Waals surface area (Å²) < 4.78 is 33.9. The van der Waals surface area contributed by atoms with Gasteiger partial charge >= 0.3 is 5.97 Å². The monoisotopic (exact) mass is 628 g/mol. The van der Waals surface area contributed by atoms with E-state index in [4.69, 9.17) is 28.4 Å². The van der Waals surface area contributed by atoms with Crippen molar-refractivity contribution in [2.45, 2.75) is 97.1 Å². The van der Waals surface area contributed by atoms with Crippen LogP contribution in [0.15, 0.2) is 65.7 Å². The highest BCUT2D eigenvalue weighted by atomic mass is 16.6. The second-order valence-electron chi connectivity index (χ2n) is 12.5. The Morgan fingerprint density at radius 2 is 1.89 bits per heavy atom. The Bertz CT molecular complexity index is 1040. The van der Waals surface area contributed by atoms with Crippen molar-refractivity contribution in [1.29, 1.82) is 0 Å². The second kappa shape index (κ2) is 21.4. The van der Waals surface area contributed by atoms with E-state index in [1.54, 1.807) is 6.92 Å². The number of ether oxygens (including phenoxy) is 6. The van der Waals surface area contributed by atoms with E-state index in [1.165, 1.54) is 5.57 Å². The van der Waals surface area contributed by atoms with E-state index in [1.807, 2.05) is 50.3 Å². The maximum atomic E-state index is 12.9. The Kier molecular flexibility index (Phi) is 17.6. The van der Waals surface area contributed by atoms with Crippen LogP contribution in [0.1, 0.15) is 72.6 Å². The first-order chi connectivity index (χ1) is 21.8. The number of carbonyl (C=O) groups is 1. The fraction of sp³-hybridized carbons (Fsp3) is 0.676. The smallest absolute Gasteiger partial charge is 0.316 e. The number of esters is 1. The minimum Gasteiger partial charge on any atom is -0.486 e. The summed E-state index contributed by atoms with van der Waals surface area (Å²) in [6, 6.07) is 0. The topological polar surface area (TPSA) is 96.0 Å². The molecule has 3 aliphatic rings. The molecule has 0 aromatic rings. The minimum absolute atomic E-state index is 0.00568. The van der Waals surface area contributed by atoms with Gasteiger partial charge in [0.15, 0.2) is 5.76 Å². The van der Waals surface area contributed by atoms with Gasteiger partial charge in [0.05, 0.1) is 57.8 Å². The van der Waals surface area contributed by atoms with Gasteiger partial charge in [-0.25, -0.2) is 0 Å². The summed E-state index contributed by atoms with van der Waals surface area (Å²) in [5.74, 6) is 1.04. The number of epoxide rings is 1. The van der Waals surface area contributed by atoms with Crippen LogP contribution in [0.5, 0.6) is 0 Å². The molecule has 2 aliphatic carbocycles. The van der Waals surface area contributed by atoms with Gasteiger partial charge in [-0.05, 0) is 89.7 Å². The third-order valence-electron chi connectivity index (χ3n) is 8.03. The quantitative estimate of drug-likeness (QED) is 0.0512. The van der Waals surface area contributed by atoms with Crippen LogP contribution in [-0.4, -0.2) is 81.7 Å². The Balaban J connectivity index is 1.34. The van der Waals surface area contributed by atoms with Crippen LogP contribution in [-0.2, 0) is 33.2 Å². The van der Waals surface area contributed by atoms with Crippen molar-refractivity contribution in [2.24, 2.45) is 17.8 Å². The SMILES string of the molecule is C/C=C\C(/C=C\CCOCC1CO1)C(=O)OC1CCC(/C2=C/C=C=C(OCC(C)CCOC(C)COCC(C)O)/C=C\C2)CC1. The molecule has 2 fully saturated rings. The first-order valence-corrected chi connectivity index (χ1v) is 16.9. The van der Waals surface area contributed by atoms with Crippen molar-refractivity contribution in [1.82, 2.24) is 0 Å². The lowest BCUT2D eigenvalue weighted by atomic mass is 9.81. The number of allylic oxidation sites excluding steroid dienone is 5. The van der Waals surface area contributed by atoms with E-state index < -0.39 is 6.10 Å². The number of aliphatic hydroxyl groups excluding tert-OH is 1. The summed E-state index contributed by atoms with van der Waals surface area (Å²) >= 11 is 0. The van der Waals surface area contributed by atoms with Crippen molar-refractivity contribution in [2.75, 3.05) is 46.2 Å². The lowest BCUT2D eigenvalue weighted by Crippen LogP contribution is -2.27. The van der Waals surface area contributed by atoms with Crippen LogP contribution < -0.4 is 0 Å². The molecule has 0 spiro atoms. The molecular formula is C37H56O8. The number of rotatable bonds is 21. The van der Waals surface area contributed by atoms with Gasteiger partial charge in [0, 0.05) is 6.61 Å². The van der Waals surface area contributed by atoms with E-state index in [9.17, 15) is 9.90 Å². The van der Waals surface area contributed by atoms with E-state index >= 15 is 0 Å². The first-order valence-electron chi connectivity index (χ1n) is 16.9. The van der Waals surface area contributed by atoms with E-state index in [2.05, 4.69) is 24.8 Å². The summed E-state index contributed by atoms with van der Waals surface area (Å²) in [7, 11) is 0. The molecule has 1 N–H and O–H groups in total. The molecule has 1 saturated carbocycles. The molecule has 0 amide bonds. The summed E-state index contributed by atoms with van der Waals surface area (Å²) in [5.41, 5.74) is 4.68. The molecule has 5 unspecified atom stereocenters. The van der Waals surface area contributed by atoms with Crippen molar-refractivity contribution in [3.05, 3.63) is 65.7 Å². The summed E-state index contributed by atoms with van der Waals surface area (Å²) in [5, 5.41) is 9.27. The van der Waals surface area contributed by atoms with Gasteiger partial charge in [0.25, 0.3) is 0 Å². The summed E-state index contributed by atoms with van der Waals surface area (Å²) in [4.78, 5) is 12.9. The molecular weight excluding hydrogens is 572 g/mol. The predicted molar refractivity (Wildman–Crippen MR) is 176 cm³/mol. The number of hydrogen-bond donors (Lipinski definition) is 1. The molecule has 0 radical (unpaired) electrons. The molecule has 8 nitrogen and oxygen atoms in total. The van der Waals surface area contributed by atoms with Crippen LogP contribution in [0, 0.1) is 17.8 Å². The zero-order valence-electron chi connectivity index (χ0n) is 27.9. The minimum atomic E-state index is -0.458. The maximum Gasteiger partial charge on any atom is 0.316 e. The molecule has 1 heterocycles. The van der Waals surface area contributed by atoms with E-state index in [0.29, 0.717) is 51.5 Å². The largest absolute Gasteiger partial charge is 0.486 e.